The summed E-state index contributed by atoms with van der Waals surface area (Å²) in [6.45, 7) is 49.0. The predicted octanol–water partition coefficient (Wildman–Crippen LogP) is 17.0. The summed E-state index contributed by atoms with van der Waals surface area (Å²) in [6, 6.07) is 45.1. The fourth-order valence-corrected chi connectivity index (χ4v) is 14.4. The van der Waals surface area contributed by atoms with Gasteiger partial charge in [-0.15, -0.1) is 0 Å². The molecule has 12 rings (SSSR count). The van der Waals surface area contributed by atoms with Crippen LogP contribution in [-0.2, 0) is 68.3 Å². The van der Waals surface area contributed by atoms with Crippen LogP contribution >= 0.6 is 0 Å². The standard InChI is InChI=1S/C85H112O12/c1-17-84(15,70-37-65(26-34-73(70)96-57-82(13)49-90-50-82)76(5,6)62-21-29-68(30-22-62)93-54-79(10)43-87-44-79)40-60-36-66(77(7,8)63-23-31-69(32-24-63)94-55-80(11)45-88-46-80)38-71(74(60)97-58-83(14)51-91-52-83)85(16,18-2)39-59-35-64(25-33-72(59)95-56-81(12)47-89-48-81)75(3,4)61-19-27-67(28-20-61)92-53-78(9)41-86-42-78/h19-38H,17-18,39-58H2,1-16H3. The topological polar surface area (TPSA) is 111 Å². The zero-order valence-corrected chi connectivity index (χ0v) is 61.5. The molecule has 0 aromatic heterocycles. The van der Waals surface area contributed by atoms with Gasteiger partial charge in [0.05, 0.1) is 119 Å². The number of benzene rings is 6. The summed E-state index contributed by atoms with van der Waals surface area (Å²) < 4.78 is 75.3. The first-order chi connectivity index (χ1) is 45.9. The summed E-state index contributed by atoms with van der Waals surface area (Å²) in [5.41, 5.74) is 9.64. The summed E-state index contributed by atoms with van der Waals surface area (Å²) in [5, 5.41) is 0. The van der Waals surface area contributed by atoms with Crippen LogP contribution in [0.1, 0.15) is 179 Å². The van der Waals surface area contributed by atoms with Crippen LogP contribution in [0, 0.1) is 32.5 Å². The Labute approximate surface area is 580 Å². The lowest BCUT2D eigenvalue weighted by atomic mass is 9.67. The quantitative estimate of drug-likeness (QED) is 0.0401. The summed E-state index contributed by atoms with van der Waals surface area (Å²) in [5.74, 6) is 5.36. The van der Waals surface area contributed by atoms with Gasteiger partial charge in [0.25, 0.3) is 0 Å². The van der Waals surface area contributed by atoms with Gasteiger partial charge in [-0.1, -0.05) is 184 Å². The Hall–Kier alpha value is -6.12. The van der Waals surface area contributed by atoms with Crippen molar-refractivity contribution in [1.29, 1.82) is 0 Å². The van der Waals surface area contributed by atoms with Crippen molar-refractivity contribution >= 4 is 0 Å². The molecule has 97 heavy (non-hydrogen) atoms. The normalized spacial score (nSPS) is 20.7. The van der Waals surface area contributed by atoms with Crippen LogP contribution in [0.3, 0.4) is 0 Å². The van der Waals surface area contributed by atoms with E-state index < -0.39 is 16.2 Å². The van der Waals surface area contributed by atoms with Crippen LogP contribution in [0.15, 0.2) is 121 Å². The molecule has 6 fully saturated rings. The maximum Gasteiger partial charge on any atom is 0.126 e. The van der Waals surface area contributed by atoms with E-state index in [1.807, 2.05) is 0 Å². The lowest BCUT2D eigenvalue weighted by Gasteiger charge is -2.41. The van der Waals surface area contributed by atoms with Gasteiger partial charge in [-0.05, 0) is 119 Å². The molecule has 6 aliphatic rings. The van der Waals surface area contributed by atoms with Crippen molar-refractivity contribution < 1.29 is 56.8 Å². The highest BCUT2D eigenvalue weighted by Crippen LogP contribution is 2.51. The molecule has 6 aliphatic heterocycles. The van der Waals surface area contributed by atoms with Crippen LogP contribution in [0.4, 0.5) is 0 Å². The fraction of sp³-hybridized carbons (Fsp3) is 0.576. The molecule has 524 valence electrons. The van der Waals surface area contributed by atoms with E-state index in [4.69, 9.17) is 56.8 Å². The van der Waals surface area contributed by atoms with Gasteiger partial charge in [0, 0.05) is 70.7 Å². The number of hydrogen-bond donors (Lipinski definition) is 0. The zero-order valence-electron chi connectivity index (χ0n) is 61.5. The smallest absolute Gasteiger partial charge is 0.126 e. The first-order valence-corrected chi connectivity index (χ1v) is 35.9. The van der Waals surface area contributed by atoms with E-state index in [0.29, 0.717) is 105 Å². The van der Waals surface area contributed by atoms with Crippen molar-refractivity contribution in [2.45, 2.75) is 164 Å². The van der Waals surface area contributed by atoms with Crippen LogP contribution in [0.2, 0.25) is 0 Å². The lowest BCUT2D eigenvalue weighted by Crippen LogP contribution is -2.45. The number of ether oxygens (including phenoxy) is 12. The van der Waals surface area contributed by atoms with E-state index in [0.717, 1.165) is 79.3 Å². The highest BCUT2D eigenvalue weighted by Gasteiger charge is 2.44. The summed E-state index contributed by atoms with van der Waals surface area (Å²) in [4.78, 5) is 0. The Morgan fingerprint density at radius 2 is 0.577 bits per heavy atom. The van der Waals surface area contributed by atoms with E-state index in [9.17, 15) is 0 Å². The summed E-state index contributed by atoms with van der Waals surface area (Å²) >= 11 is 0. The van der Waals surface area contributed by atoms with Gasteiger partial charge >= 0.3 is 0 Å². The van der Waals surface area contributed by atoms with Crippen molar-refractivity contribution in [3.05, 3.63) is 177 Å². The highest BCUT2D eigenvalue weighted by molar-refractivity contribution is 5.57. The van der Waals surface area contributed by atoms with Gasteiger partial charge in [-0.2, -0.15) is 0 Å². The van der Waals surface area contributed by atoms with E-state index in [1.54, 1.807) is 0 Å². The van der Waals surface area contributed by atoms with E-state index in [2.05, 4.69) is 232 Å². The maximum absolute atomic E-state index is 7.69. The van der Waals surface area contributed by atoms with Gasteiger partial charge in [-0.25, -0.2) is 0 Å². The minimum atomic E-state index is -0.483. The maximum atomic E-state index is 7.69. The summed E-state index contributed by atoms with van der Waals surface area (Å²) in [6.07, 6.45) is 3.00. The first-order valence-electron chi connectivity index (χ1n) is 35.9. The van der Waals surface area contributed by atoms with Crippen molar-refractivity contribution in [2.75, 3.05) is 119 Å². The molecule has 0 saturated carbocycles. The number of rotatable bonds is 32. The van der Waals surface area contributed by atoms with Crippen molar-refractivity contribution in [3.63, 3.8) is 0 Å². The molecule has 0 amide bonds. The molecular weight excluding hydrogens is 1210 g/mol. The first kappa shape index (κ1) is 70.7. The molecule has 0 aliphatic carbocycles. The SMILES string of the molecule is CCC(C)(Cc1cc(C(C)(C)c2ccc(OCC3(C)COC3)cc2)cc(C(C)(CC)Cc2cc(C(C)(C)c3ccc(OCC4(C)COC4)cc3)ccc2OCC2(C)COC2)c1OCC1(C)COC1)c1cc(C(C)(C)c2ccc(OCC3(C)COC3)cc2)ccc1OCC1(C)COC1. The molecule has 12 nitrogen and oxygen atoms in total. The molecule has 2 atom stereocenters. The van der Waals surface area contributed by atoms with Gasteiger partial charge in [-0.3, -0.25) is 0 Å². The molecule has 6 aromatic rings. The molecule has 0 bridgehead atoms. The molecule has 0 spiro atoms. The zero-order chi connectivity index (χ0) is 68.9. The Balaban J connectivity index is 0.975. The second kappa shape index (κ2) is 27.1. The molecule has 6 saturated heterocycles. The lowest BCUT2D eigenvalue weighted by molar-refractivity contribution is -0.120. The predicted molar refractivity (Wildman–Crippen MR) is 384 cm³/mol. The van der Waals surface area contributed by atoms with Crippen molar-refractivity contribution in [3.8, 4) is 34.5 Å². The molecule has 2 unspecified atom stereocenters. The van der Waals surface area contributed by atoms with Crippen LogP contribution in [0.5, 0.6) is 34.5 Å². The van der Waals surface area contributed by atoms with Gasteiger partial charge in [0.15, 0.2) is 0 Å². The molecule has 6 heterocycles. The third kappa shape index (κ3) is 15.2. The minimum absolute atomic E-state index is 0.0249. The van der Waals surface area contributed by atoms with Crippen LogP contribution in [-0.4, -0.2) is 119 Å². The second-order valence-electron chi connectivity index (χ2n) is 34.7. The Morgan fingerprint density at radius 1 is 0.299 bits per heavy atom. The van der Waals surface area contributed by atoms with Gasteiger partial charge < -0.3 is 56.8 Å². The molecule has 12 heteroatoms. The number of hydrogen-bond acceptors (Lipinski definition) is 12. The Morgan fingerprint density at radius 3 is 0.938 bits per heavy atom. The summed E-state index contributed by atoms with van der Waals surface area (Å²) in [7, 11) is 0. The van der Waals surface area contributed by atoms with E-state index >= 15 is 0 Å². The average Bonchev–Trinajstić information content (AvgIpc) is 0.744. The van der Waals surface area contributed by atoms with Crippen molar-refractivity contribution in [1.82, 2.24) is 0 Å². The second-order valence-corrected chi connectivity index (χ2v) is 34.7. The fourth-order valence-electron chi connectivity index (χ4n) is 14.4. The largest absolute Gasteiger partial charge is 0.493 e. The minimum Gasteiger partial charge on any atom is -0.493 e. The van der Waals surface area contributed by atoms with Gasteiger partial charge in [0.2, 0.25) is 0 Å². The van der Waals surface area contributed by atoms with E-state index in [1.165, 1.54) is 50.1 Å². The van der Waals surface area contributed by atoms with Gasteiger partial charge in [0.1, 0.15) is 34.5 Å². The molecule has 6 aromatic carbocycles. The Bertz CT molecular complexity index is 3690. The van der Waals surface area contributed by atoms with Crippen LogP contribution < -0.4 is 28.4 Å². The highest BCUT2D eigenvalue weighted by atomic mass is 16.5. The van der Waals surface area contributed by atoms with E-state index in [-0.39, 0.29) is 43.3 Å². The molecular formula is C85H112O12. The third-order valence-electron chi connectivity index (χ3n) is 23.0. The van der Waals surface area contributed by atoms with Crippen molar-refractivity contribution in [2.24, 2.45) is 32.5 Å². The average molecular weight is 1330 g/mol. The Kier molecular flexibility index (Phi) is 19.8. The monoisotopic (exact) mass is 1320 g/mol. The third-order valence-corrected chi connectivity index (χ3v) is 23.0. The molecule has 0 radical (unpaired) electrons. The molecule has 0 N–H and O–H groups in total. The van der Waals surface area contributed by atoms with Crippen LogP contribution in [0.25, 0.3) is 0 Å².